The highest BCUT2D eigenvalue weighted by Crippen LogP contribution is 2.33. The molecule has 0 unspecified atom stereocenters. The first-order chi connectivity index (χ1) is 14.3. The van der Waals surface area contributed by atoms with E-state index in [9.17, 15) is 13.2 Å². The normalized spacial score (nSPS) is 11.3. The Balaban J connectivity index is 2.13. The molecular weight excluding hydrogens is 400 g/mol. The van der Waals surface area contributed by atoms with Crippen molar-refractivity contribution < 1.29 is 23.1 Å². The molecule has 1 N–H and O–H groups in total. The van der Waals surface area contributed by atoms with Crippen LogP contribution in [0, 0.1) is 6.92 Å². The molecule has 6 heteroatoms. The van der Waals surface area contributed by atoms with Gasteiger partial charge < -0.3 is 9.84 Å². The average Bonchev–Trinajstić information content (AvgIpc) is 2.72. The van der Waals surface area contributed by atoms with E-state index in [0.717, 1.165) is 17.5 Å². The number of benzene rings is 3. The first kappa shape index (κ1) is 21.6. The number of hydrogen-bond acceptors (Lipinski definition) is 4. The second-order valence-electron chi connectivity index (χ2n) is 7.10. The van der Waals surface area contributed by atoms with Crippen LogP contribution in [0.4, 0.5) is 0 Å². The van der Waals surface area contributed by atoms with Crippen LogP contribution < -0.4 is 4.74 Å². The minimum Gasteiger partial charge on any atom is -0.494 e. The Morgan fingerprint density at radius 1 is 1.00 bits per heavy atom. The first-order valence-corrected chi connectivity index (χ1v) is 11.2. The van der Waals surface area contributed by atoms with Gasteiger partial charge in [-0.2, -0.15) is 0 Å². The van der Waals surface area contributed by atoms with Gasteiger partial charge in [-0.1, -0.05) is 55.0 Å². The SMILES string of the molecule is CCCOc1cc(CC(=O)O)cc(S(=O)(=O)c2ccccc2-c2ccc(C)cc2)c1. The van der Waals surface area contributed by atoms with Crippen LogP contribution in [0.25, 0.3) is 11.1 Å². The van der Waals surface area contributed by atoms with Gasteiger partial charge in [0.05, 0.1) is 22.8 Å². The van der Waals surface area contributed by atoms with Crippen molar-refractivity contribution in [2.45, 2.75) is 36.5 Å². The quantitative estimate of drug-likeness (QED) is 0.556. The van der Waals surface area contributed by atoms with E-state index in [2.05, 4.69) is 0 Å². The van der Waals surface area contributed by atoms with E-state index >= 15 is 0 Å². The summed E-state index contributed by atoms with van der Waals surface area (Å²) in [6, 6.07) is 18.9. The molecule has 3 aromatic carbocycles. The minimum atomic E-state index is -3.91. The standard InChI is InChI=1S/C24H24O5S/c1-3-12-29-20-13-18(15-24(25)26)14-21(16-20)30(27,28)23-7-5-4-6-22(23)19-10-8-17(2)9-11-19/h4-11,13-14,16H,3,12,15H2,1-2H3,(H,25,26). The van der Waals surface area contributed by atoms with E-state index in [4.69, 9.17) is 9.84 Å². The Hall–Kier alpha value is -3.12. The van der Waals surface area contributed by atoms with Gasteiger partial charge in [-0.05, 0) is 48.7 Å². The number of sulfone groups is 1. The summed E-state index contributed by atoms with van der Waals surface area (Å²) >= 11 is 0. The number of ether oxygens (including phenoxy) is 1. The number of rotatable bonds is 8. The number of aryl methyl sites for hydroxylation is 1. The average molecular weight is 425 g/mol. The lowest BCUT2D eigenvalue weighted by Gasteiger charge is -2.14. The summed E-state index contributed by atoms with van der Waals surface area (Å²) in [5.41, 5.74) is 2.85. The zero-order valence-corrected chi connectivity index (χ0v) is 17.8. The van der Waals surface area contributed by atoms with Crippen molar-refractivity contribution in [2.24, 2.45) is 0 Å². The summed E-state index contributed by atoms with van der Waals surface area (Å²) < 4.78 is 32.7. The van der Waals surface area contributed by atoms with Crippen LogP contribution in [0.2, 0.25) is 0 Å². The third kappa shape index (κ3) is 4.89. The largest absolute Gasteiger partial charge is 0.494 e. The molecule has 3 aromatic rings. The summed E-state index contributed by atoms with van der Waals surface area (Å²) in [6.07, 6.45) is 0.465. The minimum absolute atomic E-state index is 0.0203. The van der Waals surface area contributed by atoms with Crippen LogP contribution in [0.3, 0.4) is 0 Å². The molecule has 0 heterocycles. The lowest BCUT2D eigenvalue weighted by Crippen LogP contribution is -2.08. The van der Waals surface area contributed by atoms with Crippen molar-refractivity contribution in [2.75, 3.05) is 6.61 Å². The Bertz CT molecular complexity index is 1150. The van der Waals surface area contributed by atoms with Crippen LogP contribution in [-0.4, -0.2) is 26.1 Å². The lowest BCUT2D eigenvalue weighted by molar-refractivity contribution is -0.136. The molecule has 0 radical (unpaired) electrons. The fourth-order valence-electron chi connectivity index (χ4n) is 3.17. The maximum atomic E-state index is 13.6. The van der Waals surface area contributed by atoms with E-state index in [1.54, 1.807) is 30.3 Å². The molecule has 0 saturated heterocycles. The molecule has 5 nitrogen and oxygen atoms in total. The molecule has 0 spiro atoms. The van der Waals surface area contributed by atoms with Crippen LogP contribution >= 0.6 is 0 Å². The van der Waals surface area contributed by atoms with Crippen LogP contribution in [0.1, 0.15) is 24.5 Å². The summed E-state index contributed by atoms with van der Waals surface area (Å²) in [6.45, 7) is 4.32. The van der Waals surface area contributed by atoms with Gasteiger partial charge in [0.2, 0.25) is 9.84 Å². The highest BCUT2D eigenvalue weighted by atomic mass is 32.2. The topological polar surface area (TPSA) is 80.7 Å². The molecule has 0 aromatic heterocycles. The van der Waals surface area contributed by atoms with Crippen LogP contribution in [0.15, 0.2) is 76.5 Å². The second kappa shape index (κ2) is 9.13. The van der Waals surface area contributed by atoms with Gasteiger partial charge in [0.15, 0.2) is 0 Å². The fraction of sp³-hybridized carbons (Fsp3) is 0.208. The van der Waals surface area contributed by atoms with Gasteiger partial charge in [0, 0.05) is 5.56 Å². The van der Waals surface area contributed by atoms with E-state index < -0.39 is 15.8 Å². The number of carboxylic acid groups (broad SMARTS) is 1. The molecule has 0 aliphatic heterocycles. The number of hydrogen-bond donors (Lipinski definition) is 1. The van der Waals surface area contributed by atoms with Crippen LogP contribution in [0.5, 0.6) is 5.75 Å². The predicted molar refractivity (Wildman–Crippen MR) is 116 cm³/mol. The molecule has 3 rings (SSSR count). The van der Waals surface area contributed by atoms with E-state index in [1.165, 1.54) is 12.1 Å². The van der Waals surface area contributed by atoms with Crippen molar-refractivity contribution in [1.29, 1.82) is 0 Å². The number of aliphatic carboxylic acids is 1. The number of carboxylic acids is 1. The van der Waals surface area contributed by atoms with E-state index in [1.807, 2.05) is 38.1 Å². The maximum Gasteiger partial charge on any atom is 0.307 e. The smallest absolute Gasteiger partial charge is 0.307 e. The fourth-order valence-corrected chi connectivity index (χ4v) is 4.73. The summed E-state index contributed by atoms with van der Waals surface area (Å²) in [7, 11) is -3.91. The monoisotopic (exact) mass is 424 g/mol. The molecule has 0 aliphatic rings. The van der Waals surface area contributed by atoms with Crippen molar-refractivity contribution in [3.8, 4) is 16.9 Å². The highest BCUT2D eigenvalue weighted by molar-refractivity contribution is 7.91. The summed E-state index contributed by atoms with van der Waals surface area (Å²) in [5.74, 6) is -0.687. The Kier molecular flexibility index (Phi) is 6.57. The van der Waals surface area contributed by atoms with E-state index in [-0.39, 0.29) is 16.2 Å². The molecule has 156 valence electrons. The molecule has 0 fully saturated rings. The van der Waals surface area contributed by atoms with Crippen molar-refractivity contribution in [3.63, 3.8) is 0 Å². The Morgan fingerprint density at radius 2 is 1.70 bits per heavy atom. The zero-order valence-electron chi connectivity index (χ0n) is 17.0. The third-order valence-corrected chi connectivity index (χ3v) is 6.41. The zero-order chi connectivity index (χ0) is 21.7. The molecule has 0 bridgehead atoms. The molecule has 0 atom stereocenters. The van der Waals surface area contributed by atoms with Gasteiger partial charge in [0.1, 0.15) is 5.75 Å². The van der Waals surface area contributed by atoms with Gasteiger partial charge in [0.25, 0.3) is 0 Å². The molecule has 0 aliphatic carbocycles. The van der Waals surface area contributed by atoms with Crippen molar-refractivity contribution in [1.82, 2.24) is 0 Å². The molecule has 30 heavy (non-hydrogen) atoms. The molecule has 0 saturated carbocycles. The predicted octanol–water partition coefficient (Wildman–Crippen LogP) is 4.91. The number of carbonyl (C=O) groups is 1. The van der Waals surface area contributed by atoms with E-state index in [0.29, 0.717) is 23.5 Å². The summed E-state index contributed by atoms with van der Waals surface area (Å²) in [5, 5.41) is 9.17. The van der Waals surface area contributed by atoms with Gasteiger partial charge >= 0.3 is 5.97 Å². The van der Waals surface area contributed by atoms with Crippen molar-refractivity contribution >= 4 is 15.8 Å². The van der Waals surface area contributed by atoms with Crippen molar-refractivity contribution in [3.05, 3.63) is 77.9 Å². The second-order valence-corrected chi connectivity index (χ2v) is 9.02. The summed E-state index contributed by atoms with van der Waals surface area (Å²) in [4.78, 5) is 11.4. The molecule has 0 amide bonds. The highest BCUT2D eigenvalue weighted by Gasteiger charge is 2.23. The maximum absolute atomic E-state index is 13.6. The van der Waals surface area contributed by atoms with Gasteiger partial charge in [-0.3, -0.25) is 4.79 Å². The van der Waals surface area contributed by atoms with Gasteiger partial charge in [-0.25, -0.2) is 8.42 Å². The Labute approximate surface area is 176 Å². The first-order valence-electron chi connectivity index (χ1n) is 9.71. The molecular formula is C24H24O5S. The lowest BCUT2D eigenvalue weighted by atomic mass is 10.0. The Morgan fingerprint density at radius 3 is 2.37 bits per heavy atom. The third-order valence-electron chi connectivity index (χ3n) is 4.62. The van der Waals surface area contributed by atoms with Crippen LogP contribution in [-0.2, 0) is 21.1 Å². The van der Waals surface area contributed by atoms with Gasteiger partial charge in [-0.15, -0.1) is 0 Å².